The van der Waals surface area contributed by atoms with Crippen LogP contribution in [0.1, 0.15) is 17.1 Å². The summed E-state index contributed by atoms with van der Waals surface area (Å²) < 4.78 is 7.28. The lowest BCUT2D eigenvalue weighted by Gasteiger charge is -2.04. The third-order valence-corrected chi connectivity index (χ3v) is 5.04. The highest BCUT2D eigenvalue weighted by molar-refractivity contribution is 7.13. The maximum absolute atomic E-state index is 9.67. The Morgan fingerprint density at radius 3 is 2.68 bits per heavy atom. The molecule has 0 aliphatic rings. The Kier molecular flexibility index (Phi) is 3.69. The summed E-state index contributed by atoms with van der Waals surface area (Å²) in [6.07, 6.45) is 0. The van der Waals surface area contributed by atoms with Crippen LogP contribution in [0.25, 0.3) is 27.6 Å². The van der Waals surface area contributed by atoms with Gasteiger partial charge in [0, 0.05) is 34.0 Å². The first kappa shape index (κ1) is 15.7. The number of rotatable bonds is 3. The Balaban J connectivity index is 1.76. The average Bonchev–Trinajstić information content (AvgIpc) is 3.27. The van der Waals surface area contributed by atoms with E-state index in [-0.39, 0.29) is 5.75 Å². The van der Waals surface area contributed by atoms with Gasteiger partial charge in [0.25, 0.3) is 0 Å². The van der Waals surface area contributed by atoms with Crippen molar-refractivity contribution in [2.24, 2.45) is 0 Å². The molecule has 0 bridgehead atoms. The zero-order valence-electron chi connectivity index (χ0n) is 14.1. The van der Waals surface area contributed by atoms with E-state index in [1.807, 2.05) is 37.4 Å². The first-order chi connectivity index (χ1) is 12.0. The number of aromatic nitrogens is 3. The first-order valence-electron chi connectivity index (χ1n) is 7.91. The summed E-state index contributed by atoms with van der Waals surface area (Å²) >= 11 is 1.56. The third kappa shape index (κ3) is 2.74. The quantitative estimate of drug-likeness (QED) is 0.571. The van der Waals surface area contributed by atoms with E-state index >= 15 is 0 Å². The molecule has 4 aromatic rings. The normalized spacial score (nSPS) is 11.2. The summed E-state index contributed by atoms with van der Waals surface area (Å²) in [5.41, 5.74) is 5.05. The summed E-state index contributed by atoms with van der Waals surface area (Å²) in [5, 5.41) is 16.7. The number of benzene rings is 1. The van der Waals surface area contributed by atoms with Gasteiger partial charge in [-0.15, -0.1) is 11.3 Å². The van der Waals surface area contributed by atoms with Crippen LogP contribution in [0.5, 0.6) is 5.75 Å². The predicted molar refractivity (Wildman–Crippen MR) is 98.2 cm³/mol. The lowest BCUT2D eigenvalue weighted by molar-refractivity contribution is 0.394. The molecule has 0 aliphatic carbocycles. The second kappa shape index (κ2) is 5.89. The molecular formula is C19H17N3O2S. The number of phenolic OH excluding ortho intramolecular Hbond substituents is 1. The van der Waals surface area contributed by atoms with Crippen LogP contribution >= 0.6 is 11.3 Å². The van der Waals surface area contributed by atoms with E-state index in [2.05, 4.69) is 22.7 Å². The van der Waals surface area contributed by atoms with Crippen molar-refractivity contribution < 1.29 is 9.63 Å². The van der Waals surface area contributed by atoms with E-state index in [1.54, 1.807) is 23.5 Å². The van der Waals surface area contributed by atoms with Crippen molar-refractivity contribution in [3.63, 3.8) is 0 Å². The third-order valence-electron chi connectivity index (χ3n) is 4.15. The van der Waals surface area contributed by atoms with Crippen molar-refractivity contribution in [2.75, 3.05) is 0 Å². The fourth-order valence-electron chi connectivity index (χ4n) is 3.00. The van der Waals surface area contributed by atoms with Gasteiger partial charge >= 0.3 is 0 Å². The summed E-state index contributed by atoms with van der Waals surface area (Å²) in [4.78, 5) is 4.76. The minimum Gasteiger partial charge on any atom is -0.508 e. The Morgan fingerprint density at radius 2 is 1.96 bits per heavy atom. The number of nitrogens with zero attached hydrogens (tertiary/aromatic N) is 3. The van der Waals surface area contributed by atoms with Crippen LogP contribution in [-0.2, 0) is 0 Å². The van der Waals surface area contributed by atoms with E-state index in [9.17, 15) is 5.11 Å². The van der Waals surface area contributed by atoms with Crippen molar-refractivity contribution in [1.82, 2.24) is 14.7 Å². The van der Waals surface area contributed by atoms with Crippen molar-refractivity contribution in [3.05, 3.63) is 58.9 Å². The molecule has 0 amide bonds. The molecule has 6 heteroatoms. The summed E-state index contributed by atoms with van der Waals surface area (Å²) in [6, 6.07) is 11.2. The van der Waals surface area contributed by atoms with Crippen LogP contribution in [0, 0.1) is 20.8 Å². The Hall–Kier alpha value is -2.86. The molecule has 25 heavy (non-hydrogen) atoms. The lowest BCUT2D eigenvalue weighted by atomic mass is 10.2. The van der Waals surface area contributed by atoms with Crippen LogP contribution in [0.3, 0.4) is 0 Å². The fraction of sp³-hybridized carbons (Fsp3) is 0.158. The highest BCUT2D eigenvalue weighted by Crippen LogP contribution is 2.34. The van der Waals surface area contributed by atoms with E-state index in [1.165, 1.54) is 0 Å². The lowest BCUT2D eigenvalue weighted by Crippen LogP contribution is -1.99. The van der Waals surface area contributed by atoms with Crippen LogP contribution in [-0.4, -0.2) is 19.8 Å². The average molecular weight is 351 g/mol. The molecule has 0 spiro atoms. The van der Waals surface area contributed by atoms with Gasteiger partial charge in [-0.2, -0.15) is 0 Å². The van der Waals surface area contributed by atoms with E-state index < -0.39 is 0 Å². The molecule has 0 atom stereocenters. The molecule has 0 aliphatic heterocycles. The van der Waals surface area contributed by atoms with Gasteiger partial charge in [-0.1, -0.05) is 17.3 Å². The largest absolute Gasteiger partial charge is 0.508 e. The van der Waals surface area contributed by atoms with Gasteiger partial charge in [-0.05, 0) is 39.0 Å². The van der Waals surface area contributed by atoms with Crippen LogP contribution in [0.2, 0.25) is 0 Å². The molecule has 3 aromatic heterocycles. The molecule has 0 fully saturated rings. The van der Waals surface area contributed by atoms with E-state index in [4.69, 9.17) is 9.51 Å². The molecule has 0 unspecified atom stereocenters. The van der Waals surface area contributed by atoms with Gasteiger partial charge in [-0.25, -0.2) is 4.98 Å². The highest BCUT2D eigenvalue weighted by atomic mass is 32.1. The zero-order valence-corrected chi connectivity index (χ0v) is 15.0. The number of hydrogen-bond acceptors (Lipinski definition) is 5. The van der Waals surface area contributed by atoms with Crippen molar-refractivity contribution in [1.29, 1.82) is 0 Å². The Labute approximate surface area is 149 Å². The standard InChI is InChI=1S/C19H17N3O2S/c1-11-7-16(13(3)22(11)18-8-12(2)24-21-18)17-10-25-19(20-17)14-5-4-6-15(23)9-14/h4-10,23H,1-3H3. The number of aromatic hydroxyl groups is 1. The van der Waals surface area contributed by atoms with Crippen LogP contribution < -0.4 is 0 Å². The predicted octanol–water partition coefficient (Wildman–Crippen LogP) is 4.89. The molecular weight excluding hydrogens is 334 g/mol. The molecule has 1 N–H and O–H groups in total. The summed E-state index contributed by atoms with van der Waals surface area (Å²) in [6.45, 7) is 5.98. The minimum absolute atomic E-state index is 0.244. The Bertz CT molecular complexity index is 1060. The van der Waals surface area contributed by atoms with E-state index in [0.717, 1.165) is 44.8 Å². The second-order valence-corrected chi connectivity index (χ2v) is 6.86. The highest BCUT2D eigenvalue weighted by Gasteiger charge is 2.17. The second-order valence-electron chi connectivity index (χ2n) is 6.00. The van der Waals surface area contributed by atoms with Gasteiger partial charge in [-0.3, -0.25) is 4.57 Å². The SMILES string of the molecule is Cc1cc(-n2c(C)cc(-c3csc(-c4cccc(O)c4)n3)c2C)no1. The van der Waals surface area contributed by atoms with Gasteiger partial charge in [0.2, 0.25) is 0 Å². The topological polar surface area (TPSA) is 64.1 Å². The first-order valence-corrected chi connectivity index (χ1v) is 8.79. The molecule has 4 rings (SSSR count). The van der Waals surface area contributed by atoms with Crippen molar-refractivity contribution in [2.45, 2.75) is 20.8 Å². The minimum atomic E-state index is 0.244. The van der Waals surface area contributed by atoms with Crippen LogP contribution in [0.4, 0.5) is 0 Å². The number of thiazole rings is 1. The number of hydrogen-bond donors (Lipinski definition) is 1. The molecule has 5 nitrogen and oxygen atoms in total. The van der Waals surface area contributed by atoms with Crippen LogP contribution in [0.15, 0.2) is 46.3 Å². The maximum Gasteiger partial charge on any atom is 0.180 e. The summed E-state index contributed by atoms with van der Waals surface area (Å²) in [5.74, 6) is 1.81. The molecule has 3 heterocycles. The maximum atomic E-state index is 9.67. The Morgan fingerprint density at radius 1 is 1.12 bits per heavy atom. The van der Waals surface area contributed by atoms with Gasteiger partial charge in [0.05, 0.1) is 5.69 Å². The van der Waals surface area contributed by atoms with E-state index in [0.29, 0.717) is 0 Å². The molecule has 1 aromatic carbocycles. The monoisotopic (exact) mass is 351 g/mol. The van der Waals surface area contributed by atoms with Gasteiger partial charge in [0.1, 0.15) is 16.5 Å². The molecule has 126 valence electrons. The smallest absolute Gasteiger partial charge is 0.180 e. The fourth-order valence-corrected chi connectivity index (χ4v) is 3.82. The summed E-state index contributed by atoms with van der Waals surface area (Å²) in [7, 11) is 0. The van der Waals surface area contributed by atoms with Gasteiger partial charge in [0.15, 0.2) is 5.82 Å². The number of aryl methyl sites for hydroxylation is 2. The van der Waals surface area contributed by atoms with Crippen molar-refractivity contribution >= 4 is 11.3 Å². The van der Waals surface area contributed by atoms with Crippen molar-refractivity contribution in [3.8, 4) is 33.4 Å². The van der Waals surface area contributed by atoms with Gasteiger partial charge < -0.3 is 9.63 Å². The molecule has 0 radical (unpaired) electrons. The number of phenols is 1. The molecule has 0 saturated heterocycles. The zero-order chi connectivity index (χ0) is 17.6. The molecule has 0 saturated carbocycles.